The number of rotatable bonds is 3. The highest BCUT2D eigenvalue weighted by molar-refractivity contribution is 5.67. The number of fused-ring (bicyclic) bond motifs is 1. The standard InChI is InChI=1S/C21H22F6N4O2/c22-20(23,24)15-7-13(8-16(9-15)21(25,26)27)12-33-19(32)30-5-6-31-17(11-30)10-18(29-31)14-1-3-28-4-2-14/h7-10,14,28H,1-6,11-12H2. The van der Waals surface area contributed by atoms with Crippen LogP contribution < -0.4 is 5.32 Å². The van der Waals surface area contributed by atoms with E-state index in [4.69, 9.17) is 4.74 Å². The molecule has 1 aromatic heterocycles. The highest BCUT2D eigenvalue weighted by Crippen LogP contribution is 2.36. The first kappa shape index (κ1) is 23.4. The number of carbonyl (C=O) groups is 1. The molecule has 4 rings (SSSR count). The van der Waals surface area contributed by atoms with Crippen molar-refractivity contribution in [1.82, 2.24) is 20.0 Å². The largest absolute Gasteiger partial charge is 0.445 e. The molecule has 0 bridgehead atoms. The number of nitrogens with zero attached hydrogens (tertiary/aromatic N) is 3. The van der Waals surface area contributed by atoms with Crippen molar-refractivity contribution in [2.24, 2.45) is 0 Å². The zero-order valence-electron chi connectivity index (χ0n) is 17.5. The van der Waals surface area contributed by atoms with E-state index in [2.05, 4.69) is 10.4 Å². The van der Waals surface area contributed by atoms with Crippen LogP contribution in [0.3, 0.4) is 0 Å². The summed E-state index contributed by atoms with van der Waals surface area (Å²) >= 11 is 0. The number of hydrogen-bond acceptors (Lipinski definition) is 4. The van der Waals surface area contributed by atoms with Crippen LogP contribution in [0.4, 0.5) is 31.1 Å². The number of benzene rings is 1. The van der Waals surface area contributed by atoms with Crippen LogP contribution >= 0.6 is 0 Å². The van der Waals surface area contributed by atoms with Crippen LogP contribution in [-0.2, 0) is 36.8 Å². The van der Waals surface area contributed by atoms with Gasteiger partial charge in [-0.25, -0.2) is 4.79 Å². The molecule has 0 saturated carbocycles. The third kappa shape index (κ3) is 5.43. The molecule has 6 nitrogen and oxygen atoms in total. The van der Waals surface area contributed by atoms with E-state index in [1.165, 1.54) is 4.90 Å². The summed E-state index contributed by atoms with van der Waals surface area (Å²) in [6, 6.07) is 3.09. The van der Waals surface area contributed by atoms with Crippen LogP contribution in [0.15, 0.2) is 24.3 Å². The summed E-state index contributed by atoms with van der Waals surface area (Å²) in [7, 11) is 0. The number of ether oxygens (including phenoxy) is 1. The van der Waals surface area contributed by atoms with E-state index in [0.29, 0.717) is 24.6 Å². The van der Waals surface area contributed by atoms with Gasteiger partial charge in [0.05, 0.1) is 35.6 Å². The topological polar surface area (TPSA) is 59.4 Å². The number of hydrogen-bond donors (Lipinski definition) is 1. The van der Waals surface area contributed by atoms with E-state index in [1.54, 1.807) is 0 Å². The van der Waals surface area contributed by atoms with Gasteiger partial charge in [-0.15, -0.1) is 0 Å². The Morgan fingerprint density at radius 2 is 1.64 bits per heavy atom. The van der Waals surface area contributed by atoms with Gasteiger partial charge in [-0.05, 0) is 55.8 Å². The molecule has 3 heterocycles. The quantitative estimate of drug-likeness (QED) is 0.661. The van der Waals surface area contributed by atoms with Crippen molar-refractivity contribution >= 4 is 6.09 Å². The Hall–Kier alpha value is -2.76. The van der Waals surface area contributed by atoms with E-state index < -0.39 is 36.2 Å². The van der Waals surface area contributed by atoms with Crippen LogP contribution in [0.1, 0.15) is 46.8 Å². The normalized spacial score (nSPS) is 17.7. The van der Waals surface area contributed by atoms with Crippen molar-refractivity contribution in [3.8, 4) is 0 Å². The summed E-state index contributed by atoms with van der Waals surface area (Å²) < 4.78 is 84.9. The molecule has 1 fully saturated rings. The Morgan fingerprint density at radius 3 is 2.24 bits per heavy atom. The predicted octanol–water partition coefficient (Wildman–Crippen LogP) is 4.54. The van der Waals surface area contributed by atoms with Gasteiger partial charge in [-0.3, -0.25) is 4.68 Å². The summed E-state index contributed by atoms with van der Waals surface area (Å²) in [5.41, 5.74) is -1.51. The minimum absolute atomic E-state index is 0.0388. The number of aromatic nitrogens is 2. The molecule has 0 spiro atoms. The van der Waals surface area contributed by atoms with Gasteiger partial charge in [0.1, 0.15) is 6.61 Å². The number of halogens is 6. The fraction of sp³-hybridized carbons (Fsp3) is 0.524. The molecule has 1 saturated heterocycles. The van der Waals surface area contributed by atoms with Crippen molar-refractivity contribution in [2.45, 2.75) is 50.8 Å². The van der Waals surface area contributed by atoms with Crippen LogP contribution in [0, 0.1) is 0 Å². The van der Waals surface area contributed by atoms with Gasteiger partial charge in [-0.1, -0.05) is 0 Å². The second kappa shape index (κ2) is 8.88. The molecule has 1 amide bonds. The number of nitrogens with one attached hydrogen (secondary N) is 1. The maximum Gasteiger partial charge on any atom is 0.416 e. The first-order valence-corrected chi connectivity index (χ1v) is 10.5. The molecule has 1 N–H and O–H groups in total. The second-order valence-corrected chi connectivity index (χ2v) is 8.20. The van der Waals surface area contributed by atoms with E-state index in [-0.39, 0.29) is 24.7 Å². The lowest BCUT2D eigenvalue weighted by molar-refractivity contribution is -0.143. The Morgan fingerprint density at radius 1 is 1.00 bits per heavy atom. The zero-order valence-corrected chi connectivity index (χ0v) is 17.5. The summed E-state index contributed by atoms with van der Waals surface area (Å²) in [6.45, 7) is 2.02. The van der Waals surface area contributed by atoms with E-state index in [1.807, 2.05) is 10.7 Å². The molecular formula is C21H22F6N4O2. The fourth-order valence-corrected chi connectivity index (χ4v) is 4.10. The van der Waals surface area contributed by atoms with Crippen molar-refractivity contribution in [2.75, 3.05) is 19.6 Å². The minimum Gasteiger partial charge on any atom is -0.445 e. The summed E-state index contributed by atoms with van der Waals surface area (Å²) in [5, 5.41) is 7.91. The molecule has 2 aromatic rings. The Balaban J connectivity index is 1.42. The minimum atomic E-state index is -4.96. The Labute approximate surface area is 185 Å². The maximum absolute atomic E-state index is 13.0. The SMILES string of the molecule is O=C(OCc1cc(C(F)(F)F)cc(C(F)(F)F)c1)N1CCn2nc(C3CCNCC3)cc2C1. The Bertz CT molecular complexity index is 979. The molecule has 0 unspecified atom stereocenters. The first-order valence-electron chi connectivity index (χ1n) is 10.5. The van der Waals surface area contributed by atoms with E-state index in [0.717, 1.165) is 37.3 Å². The van der Waals surface area contributed by atoms with E-state index in [9.17, 15) is 31.1 Å². The molecule has 12 heteroatoms. The van der Waals surface area contributed by atoms with Gasteiger partial charge in [0.15, 0.2) is 0 Å². The molecule has 180 valence electrons. The fourth-order valence-electron chi connectivity index (χ4n) is 4.10. The van der Waals surface area contributed by atoms with Gasteiger partial charge in [0.2, 0.25) is 0 Å². The zero-order chi connectivity index (χ0) is 23.8. The van der Waals surface area contributed by atoms with Gasteiger partial charge >= 0.3 is 18.4 Å². The average molecular weight is 476 g/mol. The maximum atomic E-state index is 13.0. The molecule has 0 radical (unpaired) electrons. The Kier molecular flexibility index (Phi) is 6.30. The lowest BCUT2D eigenvalue weighted by atomic mass is 9.94. The van der Waals surface area contributed by atoms with Gasteiger partial charge in [0, 0.05) is 12.5 Å². The van der Waals surface area contributed by atoms with Crippen LogP contribution in [0.25, 0.3) is 0 Å². The lowest BCUT2D eigenvalue weighted by Crippen LogP contribution is -2.38. The molecule has 1 aromatic carbocycles. The van der Waals surface area contributed by atoms with Gasteiger partial charge < -0.3 is 15.0 Å². The third-order valence-corrected chi connectivity index (χ3v) is 5.84. The molecule has 0 atom stereocenters. The summed E-state index contributed by atoms with van der Waals surface area (Å²) in [4.78, 5) is 13.8. The molecular weight excluding hydrogens is 454 g/mol. The van der Waals surface area contributed by atoms with Crippen LogP contribution in [-0.4, -0.2) is 40.4 Å². The highest BCUT2D eigenvalue weighted by atomic mass is 19.4. The van der Waals surface area contributed by atoms with Crippen molar-refractivity contribution < 1.29 is 35.9 Å². The number of alkyl halides is 6. The number of carbonyl (C=O) groups excluding carboxylic acids is 1. The monoisotopic (exact) mass is 476 g/mol. The first-order chi connectivity index (χ1) is 15.5. The molecule has 2 aliphatic rings. The second-order valence-electron chi connectivity index (χ2n) is 8.20. The number of amides is 1. The van der Waals surface area contributed by atoms with Crippen molar-refractivity contribution in [1.29, 1.82) is 0 Å². The third-order valence-electron chi connectivity index (χ3n) is 5.84. The van der Waals surface area contributed by atoms with Crippen LogP contribution in [0.2, 0.25) is 0 Å². The summed E-state index contributed by atoms with van der Waals surface area (Å²) in [5.74, 6) is 0.341. The summed E-state index contributed by atoms with van der Waals surface area (Å²) in [6.07, 6.45) is -8.79. The van der Waals surface area contributed by atoms with Crippen LogP contribution in [0.5, 0.6) is 0 Å². The van der Waals surface area contributed by atoms with Crippen molar-refractivity contribution in [3.63, 3.8) is 0 Å². The molecule has 33 heavy (non-hydrogen) atoms. The van der Waals surface area contributed by atoms with Gasteiger partial charge in [0.25, 0.3) is 0 Å². The predicted molar refractivity (Wildman–Crippen MR) is 104 cm³/mol. The lowest BCUT2D eigenvalue weighted by Gasteiger charge is -2.27. The smallest absolute Gasteiger partial charge is 0.416 e. The molecule has 2 aliphatic heterocycles. The van der Waals surface area contributed by atoms with Crippen molar-refractivity contribution in [3.05, 3.63) is 52.3 Å². The van der Waals surface area contributed by atoms with E-state index >= 15 is 0 Å². The molecule has 0 aliphatic carbocycles. The number of piperidine rings is 1. The van der Waals surface area contributed by atoms with Gasteiger partial charge in [-0.2, -0.15) is 31.4 Å². The highest BCUT2D eigenvalue weighted by Gasteiger charge is 2.37. The average Bonchev–Trinajstić information content (AvgIpc) is 3.20.